The second-order valence-corrected chi connectivity index (χ2v) is 8.76. The maximum atomic E-state index is 13.9. The van der Waals surface area contributed by atoms with Crippen molar-refractivity contribution in [3.8, 4) is 34.3 Å². The lowest BCUT2D eigenvalue weighted by Gasteiger charge is -2.19. The molecule has 0 atom stereocenters. The highest BCUT2D eigenvalue weighted by Gasteiger charge is 2.22. The van der Waals surface area contributed by atoms with Crippen LogP contribution in [0.5, 0.6) is 17.4 Å². The predicted molar refractivity (Wildman–Crippen MR) is 141 cm³/mol. The minimum absolute atomic E-state index is 0.195. The van der Waals surface area contributed by atoms with E-state index in [0.29, 0.717) is 34.5 Å². The third-order valence-corrected chi connectivity index (χ3v) is 6.19. The summed E-state index contributed by atoms with van der Waals surface area (Å²) >= 11 is 5.94. The summed E-state index contributed by atoms with van der Waals surface area (Å²) in [7, 11) is 3.09. The van der Waals surface area contributed by atoms with Crippen molar-refractivity contribution in [2.75, 3.05) is 14.2 Å². The molecule has 0 aliphatic carbocycles. The SMILES string of the molecule is CCCCc1nc(O)c(Cc2ccc(-c3ccc(Cl)cn3)cc2)c(=O)n1-c1c(OC)cccc1OC. The number of unbranched alkanes of at least 4 members (excludes halogenated alkanes) is 1. The summed E-state index contributed by atoms with van der Waals surface area (Å²) in [6.07, 6.45) is 4.05. The quantitative estimate of drug-likeness (QED) is 0.318. The molecule has 7 nitrogen and oxygen atoms in total. The van der Waals surface area contributed by atoms with Gasteiger partial charge >= 0.3 is 0 Å². The second-order valence-electron chi connectivity index (χ2n) is 8.32. The third kappa shape index (κ3) is 5.21. The lowest BCUT2D eigenvalue weighted by Crippen LogP contribution is -2.28. The first kappa shape index (κ1) is 25.3. The van der Waals surface area contributed by atoms with Crippen LogP contribution in [0.2, 0.25) is 5.02 Å². The number of hydrogen-bond donors (Lipinski definition) is 1. The van der Waals surface area contributed by atoms with E-state index in [1.807, 2.05) is 30.3 Å². The molecule has 186 valence electrons. The largest absolute Gasteiger partial charge is 0.494 e. The zero-order valence-electron chi connectivity index (χ0n) is 20.5. The fourth-order valence-electron chi connectivity index (χ4n) is 4.07. The van der Waals surface area contributed by atoms with E-state index in [4.69, 9.17) is 21.1 Å². The van der Waals surface area contributed by atoms with Gasteiger partial charge in [-0.25, -0.2) is 0 Å². The Morgan fingerprint density at radius 3 is 2.28 bits per heavy atom. The van der Waals surface area contributed by atoms with Crippen LogP contribution in [0.4, 0.5) is 0 Å². The molecule has 0 saturated carbocycles. The van der Waals surface area contributed by atoms with E-state index in [2.05, 4.69) is 16.9 Å². The number of hydrogen-bond acceptors (Lipinski definition) is 6. The molecule has 0 radical (unpaired) electrons. The number of aromatic hydroxyl groups is 1. The topological polar surface area (TPSA) is 86.5 Å². The van der Waals surface area contributed by atoms with Crippen molar-refractivity contribution >= 4 is 11.6 Å². The first-order chi connectivity index (χ1) is 17.5. The maximum absolute atomic E-state index is 13.9. The van der Waals surface area contributed by atoms with Crippen LogP contribution in [0.1, 0.15) is 36.7 Å². The van der Waals surface area contributed by atoms with Crippen LogP contribution in [0.15, 0.2) is 65.6 Å². The van der Waals surface area contributed by atoms with E-state index in [9.17, 15) is 9.90 Å². The number of pyridine rings is 1. The fraction of sp³-hybridized carbons (Fsp3) is 0.250. The van der Waals surface area contributed by atoms with Crippen LogP contribution < -0.4 is 15.0 Å². The van der Waals surface area contributed by atoms with Crippen molar-refractivity contribution in [1.29, 1.82) is 0 Å². The van der Waals surface area contributed by atoms with E-state index >= 15 is 0 Å². The summed E-state index contributed by atoms with van der Waals surface area (Å²) in [4.78, 5) is 22.7. The van der Waals surface area contributed by atoms with E-state index in [1.165, 1.54) is 4.57 Å². The lowest BCUT2D eigenvalue weighted by atomic mass is 10.0. The Kier molecular flexibility index (Phi) is 7.90. The first-order valence-electron chi connectivity index (χ1n) is 11.7. The van der Waals surface area contributed by atoms with Gasteiger partial charge in [0.1, 0.15) is 23.0 Å². The van der Waals surface area contributed by atoms with Crippen LogP contribution in [-0.2, 0) is 12.8 Å². The molecular formula is C28H28ClN3O4. The molecule has 2 aromatic heterocycles. The number of ether oxygens (including phenoxy) is 2. The number of halogens is 1. The van der Waals surface area contributed by atoms with Gasteiger partial charge in [-0.2, -0.15) is 4.98 Å². The number of aryl methyl sites for hydroxylation is 1. The highest BCUT2D eigenvalue weighted by Crippen LogP contribution is 2.33. The average molecular weight is 506 g/mol. The molecule has 2 aromatic carbocycles. The molecule has 0 fully saturated rings. The molecule has 0 aliphatic rings. The van der Waals surface area contributed by atoms with Gasteiger partial charge in [-0.3, -0.25) is 14.3 Å². The van der Waals surface area contributed by atoms with Crippen LogP contribution in [0.3, 0.4) is 0 Å². The zero-order chi connectivity index (χ0) is 25.7. The van der Waals surface area contributed by atoms with Crippen molar-refractivity contribution in [3.63, 3.8) is 0 Å². The minimum Gasteiger partial charge on any atom is -0.494 e. The number of methoxy groups -OCH3 is 2. The van der Waals surface area contributed by atoms with Crippen molar-refractivity contribution in [3.05, 3.63) is 93.1 Å². The monoisotopic (exact) mass is 505 g/mol. The molecule has 0 amide bonds. The van der Waals surface area contributed by atoms with Gasteiger partial charge in [0, 0.05) is 24.6 Å². The number of benzene rings is 2. The molecule has 4 aromatic rings. The zero-order valence-corrected chi connectivity index (χ0v) is 21.2. The number of nitrogens with zero attached hydrogens (tertiary/aromatic N) is 3. The summed E-state index contributed by atoms with van der Waals surface area (Å²) in [5.74, 6) is 1.15. The standard InChI is InChI=1S/C28H28ClN3O4/c1-4-5-9-25-31-27(33)21(28(34)32(25)26-23(35-2)7-6-8-24(26)36-3)16-18-10-12-19(13-11-18)22-15-14-20(29)17-30-22/h6-8,10-15,17,33H,4-5,9,16H2,1-3H3. The van der Waals surface area contributed by atoms with Gasteiger partial charge in [0.05, 0.1) is 30.5 Å². The summed E-state index contributed by atoms with van der Waals surface area (Å²) in [6.45, 7) is 2.06. The molecule has 1 N–H and O–H groups in total. The molecule has 0 aliphatic heterocycles. The maximum Gasteiger partial charge on any atom is 0.265 e. The summed E-state index contributed by atoms with van der Waals surface area (Å²) in [5, 5.41) is 11.4. The molecule has 0 unspecified atom stereocenters. The first-order valence-corrected chi connectivity index (χ1v) is 12.1. The predicted octanol–water partition coefficient (Wildman–Crippen LogP) is 5.60. The van der Waals surface area contributed by atoms with Crippen molar-refractivity contribution in [2.45, 2.75) is 32.6 Å². The molecular weight excluding hydrogens is 478 g/mol. The second kappa shape index (κ2) is 11.3. The Hall–Kier alpha value is -3.84. The molecule has 4 rings (SSSR count). The normalized spacial score (nSPS) is 10.9. The number of para-hydroxylation sites is 1. The fourth-order valence-corrected chi connectivity index (χ4v) is 4.18. The molecule has 0 spiro atoms. The van der Waals surface area contributed by atoms with Gasteiger partial charge in [-0.15, -0.1) is 0 Å². The van der Waals surface area contributed by atoms with Crippen molar-refractivity contribution < 1.29 is 14.6 Å². The molecule has 8 heteroatoms. The number of rotatable bonds is 9. The van der Waals surface area contributed by atoms with Crippen LogP contribution in [0.25, 0.3) is 16.9 Å². The van der Waals surface area contributed by atoms with Gasteiger partial charge in [0.15, 0.2) is 0 Å². The Balaban J connectivity index is 1.79. The van der Waals surface area contributed by atoms with Gasteiger partial charge in [-0.1, -0.05) is 55.3 Å². The molecule has 2 heterocycles. The summed E-state index contributed by atoms with van der Waals surface area (Å²) in [5.41, 5.74) is 2.86. The third-order valence-electron chi connectivity index (χ3n) is 5.96. The van der Waals surface area contributed by atoms with E-state index < -0.39 is 0 Å². The van der Waals surface area contributed by atoms with Crippen molar-refractivity contribution in [1.82, 2.24) is 14.5 Å². The smallest absolute Gasteiger partial charge is 0.265 e. The summed E-state index contributed by atoms with van der Waals surface area (Å²) < 4.78 is 12.6. The van der Waals surface area contributed by atoms with Gasteiger partial charge in [-0.05, 0) is 36.2 Å². The van der Waals surface area contributed by atoms with E-state index in [1.54, 1.807) is 44.7 Å². The van der Waals surface area contributed by atoms with Gasteiger partial charge < -0.3 is 14.6 Å². The van der Waals surface area contributed by atoms with Gasteiger partial charge in [0.25, 0.3) is 5.56 Å². The highest BCUT2D eigenvalue weighted by atomic mass is 35.5. The molecule has 0 saturated heterocycles. The Morgan fingerprint density at radius 1 is 1.00 bits per heavy atom. The summed E-state index contributed by atoms with van der Waals surface area (Å²) in [6, 6.07) is 16.6. The highest BCUT2D eigenvalue weighted by molar-refractivity contribution is 6.30. The van der Waals surface area contributed by atoms with E-state index in [0.717, 1.165) is 29.7 Å². The Bertz CT molecular complexity index is 1380. The molecule has 0 bridgehead atoms. The van der Waals surface area contributed by atoms with Crippen LogP contribution in [0, 0.1) is 0 Å². The average Bonchev–Trinajstić information content (AvgIpc) is 2.90. The van der Waals surface area contributed by atoms with Crippen LogP contribution >= 0.6 is 11.6 Å². The van der Waals surface area contributed by atoms with Crippen LogP contribution in [-0.4, -0.2) is 33.9 Å². The Morgan fingerprint density at radius 2 is 1.69 bits per heavy atom. The minimum atomic E-state index is -0.361. The Labute approximate surface area is 215 Å². The number of aromatic nitrogens is 3. The molecule has 36 heavy (non-hydrogen) atoms. The van der Waals surface area contributed by atoms with Crippen molar-refractivity contribution in [2.24, 2.45) is 0 Å². The van der Waals surface area contributed by atoms with E-state index in [-0.39, 0.29) is 23.4 Å². The lowest BCUT2D eigenvalue weighted by molar-refractivity contribution is 0.387. The van der Waals surface area contributed by atoms with Gasteiger partial charge in [0.2, 0.25) is 5.88 Å².